The van der Waals surface area contributed by atoms with Crippen molar-refractivity contribution in [3.8, 4) is 0 Å². The van der Waals surface area contributed by atoms with Gasteiger partial charge in [0.05, 0.1) is 6.61 Å². The molecular weight excluding hydrogens is 228 g/mol. The smallest absolute Gasteiger partial charge is 0.331 e. The Morgan fingerprint density at radius 2 is 1.71 bits per heavy atom. The zero-order valence-electron chi connectivity index (χ0n) is 9.89. The molecule has 0 fully saturated rings. The van der Waals surface area contributed by atoms with Crippen molar-refractivity contribution in [1.82, 2.24) is 0 Å². The third-order valence-electron chi connectivity index (χ3n) is 1.68. The number of carboxylic acid groups (broad SMARTS) is 1. The maximum atomic E-state index is 10.9. The molecule has 0 rings (SSSR count). The summed E-state index contributed by atoms with van der Waals surface area (Å²) in [6.07, 6.45) is 3.03. The molecule has 0 bridgehead atoms. The molecule has 0 aliphatic carbocycles. The fourth-order valence-electron chi connectivity index (χ4n) is 0.929. The van der Waals surface area contributed by atoms with Crippen LogP contribution in [0, 0.1) is 0 Å². The Kier molecular flexibility index (Phi) is 10.2. The van der Waals surface area contributed by atoms with E-state index in [1.165, 1.54) is 0 Å². The largest absolute Gasteiger partial charge is 0.478 e. The predicted octanol–water partition coefficient (Wildman–Crippen LogP) is 0.614. The number of carbonyl (C=O) groups excluding carboxylic acids is 1. The lowest BCUT2D eigenvalue weighted by molar-refractivity contribution is -0.139. The van der Waals surface area contributed by atoms with Gasteiger partial charge in [0.1, 0.15) is 0 Å². The highest BCUT2D eigenvalue weighted by atomic mass is 16.5. The Morgan fingerprint density at radius 1 is 1.06 bits per heavy atom. The summed E-state index contributed by atoms with van der Waals surface area (Å²) in [5, 5.41) is 8.25. The van der Waals surface area contributed by atoms with Crippen LogP contribution in [0.1, 0.15) is 12.8 Å². The van der Waals surface area contributed by atoms with Gasteiger partial charge in [-0.25, -0.2) is 9.59 Å². The fourth-order valence-corrected chi connectivity index (χ4v) is 0.929. The highest BCUT2D eigenvalue weighted by Crippen LogP contribution is 1.90. The van der Waals surface area contributed by atoms with Crippen molar-refractivity contribution < 1.29 is 28.9 Å². The van der Waals surface area contributed by atoms with Gasteiger partial charge in [-0.2, -0.15) is 0 Å². The molecule has 0 unspecified atom stereocenters. The quantitative estimate of drug-likeness (QED) is 0.345. The fraction of sp³-hybridized carbons (Fsp3) is 0.636. The Labute approximate surface area is 100 Å². The summed E-state index contributed by atoms with van der Waals surface area (Å²) in [6, 6.07) is 0. The van der Waals surface area contributed by atoms with Gasteiger partial charge < -0.3 is 19.3 Å². The number of esters is 1. The summed E-state index contributed by atoms with van der Waals surface area (Å²) < 4.78 is 14.8. The SMILES string of the molecule is COCCCOCCCOC(=O)/C=C\C(=O)O. The minimum atomic E-state index is -1.18. The van der Waals surface area contributed by atoms with Gasteiger partial charge in [0.2, 0.25) is 0 Å². The normalized spacial score (nSPS) is 10.6. The first-order chi connectivity index (χ1) is 8.16. The van der Waals surface area contributed by atoms with E-state index < -0.39 is 11.9 Å². The number of carbonyl (C=O) groups is 2. The van der Waals surface area contributed by atoms with Gasteiger partial charge in [0.25, 0.3) is 0 Å². The van der Waals surface area contributed by atoms with Gasteiger partial charge >= 0.3 is 11.9 Å². The summed E-state index contributed by atoms with van der Waals surface area (Å²) in [7, 11) is 1.63. The monoisotopic (exact) mass is 246 g/mol. The Balaban J connectivity index is 3.28. The van der Waals surface area contributed by atoms with Crippen LogP contribution in [0.5, 0.6) is 0 Å². The lowest BCUT2D eigenvalue weighted by Crippen LogP contribution is -2.07. The number of methoxy groups -OCH3 is 1. The van der Waals surface area contributed by atoms with Crippen LogP contribution in [0.2, 0.25) is 0 Å². The van der Waals surface area contributed by atoms with Gasteiger partial charge in [-0.15, -0.1) is 0 Å². The van der Waals surface area contributed by atoms with Gasteiger partial charge in [-0.05, 0) is 6.42 Å². The van der Waals surface area contributed by atoms with Crippen LogP contribution in [0.3, 0.4) is 0 Å². The van der Waals surface area contributed by atoms with Crippen LogP contribution in [-0.4, -0.2) is 50.6 Å². The molecule has 0 atom stereocenters. The van der Waals surface area contributed by atoms with Gasteiger partial charge in [-0.1, -0.05) is 0 Å². The molecule has 0 aromatic heterocycles. The molecule has 0 saturated heterocycles. The van der Waals surface area contributed by atoms with Crippen LogP contribution in [0.15, 0.2) is 12.2 Å². The molecule has 0 aromatic carbocycles. The molecule has 0 aliphatic rings. The summed E-state index contributed by atoms with van der Waals surface area (Å²) >= 11 is 0. The molecule has 17 heavy (non-hydrogen) atoms. The summed E-state index contributed by atoms with van der Waals surface area (Å²) in [4.78, 5) is 21.0. The van der Waals surface area contributed by atoms with Crippen molar-refractivity contribution in [2.75, 3.05) is 33.5 Å². The van der Waals surface area contributed by atoms with Crippen molar-refractivity contribution in [2.45, 2.75) is 12.8 Å². The van der Waals surface area contributed by atoms with Crippen LogP contribution in [0.25, 0.3) is 0 Å². The molecule has 0 spiro atoms. The first-order valence-electron chi connectivity index (χ1n) is 5.31. The van der Waals surface area contributed by atoms with E-state index in [9.17, 15) is 9.59 Å². The van der Waals surface area contributed by atoms with E-state index in [4.69, 9.17) is 19.3 Å². The summed E-state index contributed by atoms with van der Waals surface area (Å²) in [5.74, 6) is -1.84. The number of aliphatic carboxylic acids is 1. The maximum absolute atomic E-state index is 10.9. The number of ether oxygens (including phenoxy) is 3. The van der Waals surface area contributed by atoms with E-state index in [1.807, 2.05) is 0 Å². The predicted molar refractivity (Wildman–Crippen MR) is 59.7 cm³/mol. The zero-order chi connectivity index (χ0) is 12.9. The van der Waals surface area contributed by atoms with Crippen molar-refractivity contribution in [2.24, 2.45) is 0 Å². The minimum absolute atomic E-state index is 0.215. The number of rotatable bonds is 10. The van der Waals surface area contributed by atoms with E-state index in [2.05, 4.69) is 0 Å². The van der Waals surface area contributed by atoms with E-state index in [0.29, 0.717) is 26.2 Å². The Bertz CT molecular complexity index is 248. The van der Waals surface area contributed by atoms with Crippen molar-refractivity contribution in [3.63, 3.8) is 0 Å². The van der Waals surface area contributed by atoms with Crippen molar-refractivity contribution in [3.05, 3.63) is 12.2 Å². The van der Waals surface area contributed by atoms with Gasteiger partial charge in [0.15, 0.2) is 0 Å². The average molecular weight is 246 g/mol. The van der Waals surface area contributed by atoms with Gasteiger partial charge in [-0.3, -0.25) is 0 Å². The molecule has 6 nitrogen and oxygen atoms in total. The third-order valence-corrected chi connectivity index (χ3v) is 1.68. The molecule has 1 N–H and O–H groups in total. The summed E-state index contributed by atoms with van der Waals surface area (Å²) in [5.41, 5.74) is 0. The number of hydrogen-bond donors (Lipinski definition) is 1. The highest BCUT2D eigenvalue weighted by Gasteiger charge is 1.98. The van der Waals surface area contributed by atoms with E-state index >= 15 is 0 Å². The van der Waals surface area contributed by atoms with Gasteiger partial charge in [0, 0.05) is 45.5 Å². The molecule has 0 heterocycles. The second-order valence-electron chi connectivity index (χ2n) is 3.15. The lowest BCUT2D eigenvalue weighted by Gasteiger charge is -2.04. The van der Waals surface area contributed by atoms with E-state index in [1.54, 1.807) is 7.11 Å². The first kappa shape index (κ1) is 15.6. The molecule has 98 valence electrons. The third kappa shape index (κ3) is 12.5. The lowest BCUT2D eigenvalue weighted by atomic mass is 10.4. The Hall–Kier alpha value is -1.40. The molecule has 0 radical (unpaired) electrons. The molecule has 0 saturated carbocycles. The molecule has 0 aromatic rings. The van der Waals surface area contributed by atoms with Crippen LogP contribution in [0.4, 0.5) is 0 Å². The van der Waals surface area contributed by atoms with Crippen LogP contribution >= 0.6 is 0 Å². The van der Waals surface area contributed by atoms with E-state index in [-0.39, 0.29) is 6.61 Å². The molecular formula is C11H18O6. The Morgan fingerprint density at radius 3 is 2.29 bits per heavy atom. The second-order valence-corrected chi connectivity index (χ2v) is 3.15. The van der Waals surface area contributed by atoms with Crippen molar-refractivity contribution >= 4 is 11.9 Å². The number of carboxylic acids is 1. The van der Waals surface area contributed by atoms with Crippen LogP contribution in [-0.2, 0) is 23.8 Å². The highest BCUT2D eigenvalue weighted by molar-refractivity contribution is 5.90. The van der Waals surface area contributed by atoms with Crippen molar-refractivity contribution in [1.29, 1.82) is 0 Å². The first-order valence-corrected chi connectivity index (χ1v) is 5.31. The minimum Gasteiger partial charge on any atom is -0.478 e. The molecule has 0 aliphatic heterocycles. The summed E-state index contributed by atoms with van der Waals surface area (Å²) in [6.45, 7) is 1.99. The van der Waals surface area contributed by atoms with E-state index in [0.717, 1.165) is 18.6 Å². The average Bonchev–Trinajstić information content (AvgIpc) is 2.30. The molecule has 0 amide bonds. The topological polar surface area (TPSA) is 82.1 Å². The second kappa shape index (κ2) is 11.1. The number of hydrogen-bond acceptors (Lipinski definition) is 5. The molecule has 6 heteroatoms. The zero-order valence-corrected chi connectivity index (χ0v) is 9.89. The standard InChI is InChI=1S/C11H18O6/c1-15-6-2-7-16-8-3-9-17-11(14)5-4-10(12)13/h4-5H,2-3,6-9H2,1H3,(H,12,13)/b5-4-. The maximum Gasteiger partial charge on any atom is 0.331 e. The van der Waals surface area contributed by atoms with Crippen LogP contribution < -0.4 is 0 Å².